The summed E-state index contributed by atoms with van der Waals surface area (Å²) in [5.41, 5.74) is 2.75. The van der Waals surface area contributed by atoms with Gasteiger partial charge < -0.3 is 20.1 Å². The first-order valence-electron chi connectivity index (χ1n) is 9.87. The van der Waals surface area contributed by atoms with E-state index in [1.807, 2.05) is 24.3 Å². The van der Waals surface area contributed by atoms with E-state index in [9.17, 15) is 9.59 Å². The Balaban J connectivity index is 1.56. The average Bonchev–Trinajstić information content (AvgIpc) is 3.48. The lowest BCUT2D eigenvalue weighted by Gasteiger charge is -2.14. The van der Waals surface area contributed by atoms with E-state index in [4.69, 9.17) is 32.7 Å². The third kappa shape index (κ3) is 5.37. The molecule has 34 heavy (non-hydrogen) atoms. The summed E-state index contributed by atoms with van der Waals surface area (Å²) >= 11 is 14.3. The molecule has 0 radical (unpaired) electrons. The van der Waals surface area contributed by atoms with Crippen LogP contribution in [-0.2, 0) is 0 Å². The van der Waals surface area contributed by atoms with Crippen molar-refractivity contribution >= 4 is 69.1 Å². The predicted molar refractivity (Wildman–Crippen MR) is 140 cm³/mol. The molecule has 0 fully saturated rings. The molecule has 0 atom stereocenters. The minimum atomic E-state index is -0.267. The maximum absolute atomic E-state index is 12.5. The SMILES string of the molecule is COc1cc(-c2ccc(NC(=O)c3ccc(Cl)s3)c(OC)c2)ccc1NC(=O)c1ccc(Cl)s1. The van der Waals surface area contributed by atoms with Crippen LogP contribution in [0.15, 0.2) is 60.7 Å². The van der Waals surface area contributed by atoms with E-state index in [0.29, 0.717) is 41.3 Å². The second-order valence-corrected chi connectivity index (χ2v) is 10.4. The molecule has 6 nitrogen and oxygen atoms in total. The maximum atomic E-state index is 12.5. The second-order valence-electron chi connectivity index (χ2n) is 6.95. The van der Waals surface area contributed by atoms with Crippen LogP contribution in [0.3, 0.4) is 0 Å². The van der Waals surface area contributed by atoms with Crippen molar-refractivity contribution in [3.63, 3.8) is 0 Å². The van der Waals surface area contributed by atoms with Gasteiger partial charge in [0, 0.05) is 0 Å². The molecule has 4 aromatic rings. The Labute approximate surface area is 214 Å². The molecule has 4 rings (SSSR count). The van der Waals surface area contributed by atoms with Gasteiger partial charge >= 0.3 is 0 Å². The van der Waals surface area contributed by atoms with Gasteiger partial charge in [0.25, 0.3) is 11.8 Å². The number of rotatable bonds is 7. The second kappa shape index (κ2) is 10.5. The first kappa shape index (κ1) is 24.1. The Hall–Kier alpha value is -3.04. The fourth-order valence-corrected chi connectivity index (χ4v) is 5.07. The number of anilines is 2. The molecular formula is C24H18Cl2N2O4S2. The quantitative estimate of drug-likeness (QED) is 0.261. The number of methoxy groups -OCH3 is 2. The molecule has 2 aromatic heterocycles. The van der Waals surface area contributed by atoms with Crippen molar-refractivity contribution in [3.05, 3.63) is 79.1 Å². The fourth-order valence-electron chi connectivity index (χ4n) is 3.19. The maximum Gasteiger partial charge on any atom is 0.265 e. The molecule has 0 aliphatic carbocycles. The van der Waals surface area contributed by atoms with Crippen LogP contribution in [0.5, 0.6) is 11.5 Å². The topological polar surface area (TPSA) is 76.7 Å². The molecule has 0 spiro atoms. The third-order valence-electron chi connectivity index (χ3n) is 4.83. The molecule has 2 aromatic carbocycles. The number of halogens is 2. The molecule has 2 N–H and O–H groups in total. The van der Waals surface area contributed by atoms with Gasteiger partial charge in [-0.1, -0.05) is 35.3 Å². The first-order valence-corrected chi connectivity index (χ1v) is 12.3. The van der Waals surface area contributed by atoms with Crippen molar-refractivity contribution in [1.82, 2.24) is 0 Å². The number of amides is 2. The van der Waals surface area contributed by atoms with Crippen molar-refractivity contribution < 1.29 is 19.1 Å². The summed E-state index contributed by atoms with van der Waals surface area (Å²) in [6.07, 6.45) is 0. The number of thiophene rings is 2. The van der Waals surface area contributed by atoms with E-state index < -0.39 is 0 Å². The van der Waals surface area contributed by atoms with Crippen LogP contribution in [0, 0.1) is 0 Å². The summed E-state index contributed by atoms with van der Waals surface area (Å²) in [5, 5.41) is 5.70. The van der Waals surface area contributed by atoms with Crippen molar-refractivity contribution in [2.24, 2.45) is 0 Å². The van der Waals surface area contributed by atoms with Crippen LogP contribution in [-0.4, -0.2) is 26.0 Å². The minimum Gasteiger partial charge on any atom is -0.495 e. The highest BCUT2D eigenvalue weighted by Gasteiger charge is 2.15. The zero-order valence-electron chi connectivity index (χ0n) is 18.0. The lowest BCUT2D eigenvalue weighted by Crippen LogP contribution is -2.11. The van der Waals surface area contributed by atoms with Crippen molar-refractivity contribution in [2.75, 3.05) is 24.9 Å². The van der Waals surface area contributed by atoms with Crippen LogP contribution < -0.4 is 20.1 Å². The largest absolute Gasteiger partial charge is 0.495 e. The van der Waals surface area contributed by atoms with Crippen molar-refractivity contribution in [2.45, 2.75) is 0 Å². The lowest BCUT2D eigenvalue weighted by molar-refractivity contribution is 0.102. The van der Waals surface area contributed by atoms with E-state index in [1.54, 1.807) is 36.4 Å². The smallest absolute Gasteiger partial charge is 0.265 e. The molecule has 2 amide bonds. The van der Waals surface area contributed by atoms with E-state index in [0.717, 1.165) is 11.1 Å². The molecule has 0 aliphatic heterocycles. The van der Waals surface area contributed by atoms with Gasteiger partial charge in [0.05, 0.1) is 44.0 Å². The molecule has 10 heteroatoms. The summed E-state index contributed by atoms with van der Waals surface area (Å²) in [6.45, 7) is 0. The molecule has 0 saturated heterocycles. The van der Waals surface area contributed by atoms with Crippen molar-refractivity contribution in [1.29, 1.82) is 0 Å². The summed E-state index contributed by atoms with van der Waals surface area (Å²) in [4.78, 5) is 26.0. The first-order chi connectivity index (χ1) is 16.4. The molecule has 2 heterocycles. The van der Waals surface area contributed by atoms with Gasteiger partial charge in [-0.2, -0.15) is 0 Å². The number of carbonyl (C=O) groups is 2. The van der Waals surface area contributed by atoms with Crippen LogP contribution in [0.1, 0.15) is 19.3 Å². The minimum absolute atomic E-state index is 0.267. The Morgan fingerprint density at radius 2 is 1.09 bits per heavy atom. The summed E-state index contributed by atoms with van der Waals surface area (Å²) in [6, 6.07) is 17.6. The standard InChI is InChI=1S/C24H18Cl2N2O4S2/c1-31-17-11-13(3-5-15(17)27-23(29)19-7-9-21(25)33-19)14-4-6-16(18(12-14)32-2)28-24(30)20-8-10-22(26)34-20/h3-12H,1-2H3,(H,27,29)(H,28,30). The Morgan fingerprint density at radius 3 is 1.41 bits per heavy atom. The van der Waals surface area contributed by atoms with Gasteiger partial charge in [-0.05, 0) is 59.7 Å². The molecule has 0 saturated carbocycles. The monoisotopic (exact) mass is 532 g/mol. The van der Waals surface area contributed by atoms with Gasteiger partial charge in [0.15, 0.2) is 0 Å². The number of ether oxygens (including phenoxy) is 2. The number of hydrogen-bond donors (Lipinski definition) is 2. The summed E-state index contributed by atoms with van der Waals surface area (Å²) < 4.78 is 12.1. The van der Waals surface area contributed by atoms with E-state index in [-0.39, 0.29) is 11.8 Å². The number of carbonyl (C=O) groups excluding carboxylic acids is 2. The number of nitrogens with one attached hydrogen (secondary N) is 2. The predicted octanol–water partition coefficient (Wildman–Crippen LogP) is 7.31. The Morgan fingerprint density at radius 1 is 0.676 bits per heavy atom. The van der Waals surface area contributed by atoms with E-state index in [1.165, 1.54) is 36.9 Å². The zero-order valence-corrected chi connectivity index (χ0v) is 21.1. The number of benzene rings is 2. The molecular weight excluding hydrogens is 515 g/mol. The third-order valence-corrected chi connectivity index (χ3v) is 7.29. The molecule has 0 unspecified atom stereocenters. The van der Waals surface area contributed by atoms with Gasteiger partial charge in [0.2, 0.25) is 0 Å². The Bertz CT molecular complexity index is 1260. The lowest BCUT2D eigenvalue weighted by atomic mass is 10.0. The van der Waals surface area contributed by atoms with Crippen LogP contribution in [0.4, 0.5) is 11.4 Å². The summed E-state index contributed by atoms with van der Waals surface area (Å²) in [5.74, 6) is 0.465. The van der Waals surface area contributed by atoms with Gasteiger partial charge in [0.1, 0.15) is 11.5 Å². The van der Waals surface area contributed by atoms with E-state index in [2.05, 4.69) is 10.6 Å². The van der Waals surface area contributed by atoms with Gasteiger partial charge in [-0.3, -0.25) is 9.59 Å². The van der Waals surface area contributed by atoms with Gasteiger partial charge in [-0.15, -0.1) is 22.7 Å². The molecule has 174 valence electrons. The van der Waals surface area contributed by atoms with Crippen LogP contribution in [0.25, 0.3) is 11.1 Å². The summed E-state index contributed by atoms with van der Waals surface area (Å²) in [7, 11) is 3.07. The molecule has 0 bridgehead atoms. The van der Waals surface area contributed by atoms with E-state index >= 15 is 0 Å². The van der Waals surface area contributed by atoms with Crippen molar-refractivity contribution in [3.8, 4) is 22.6 Å². The van der Waals surface area contributed by atoms with Gasteiger partial charge in [-0.25, -0.2) is 0 Å². The normalized spacial score (nSPS) is 10.6. The fraction of sp³-hybridized carbons (Fsp3) is 0.0833. The highest BCUT2D eigenvalue weighted by molar-refractivity contribution is 7.18. The highest BCUT2D eigenvalue weighted by Crippen LogP contribution is 2.36. The zero-order chi connectivity index (χ0) is 24.2. The number of hydrogen-bond acceptors (Lipinski definition) is 6. The highest BCUT2D eigenvalue weighted by atomic mass is 35.5. The van der Waals surface area contributed by atoms with Crippen LogP contribution in [0.2, 0.25) is 8.67 Å². The van der Waals surface area contributed by atoms with Crippen LogP contribution >= 0.6 is 45.9 Å². The molecule has 0 aliphatic rings. The average molecular weight is 533 g/mol. The Kier molecular flexibility index (Phi) is 7.43.